The normalized spacial score (nSPS) is 10.5. The van der Waals surface area contributed by atoms with E-state index < -0.39 is 22.8 Å². The maximum absolute atomic E-state index is 9.91. The molecule has 0 aliphatic heterocycles. The summed E-state index contributed by atoms with van der Waals surface area (Å²) in [4.78, 5) is 19.8. The molecule has 15 heavy (non-hydrogen) atoms. The molecule has 0 N–H and O–H groups in total. The molecular weight excluding hydrogens is 243 g/mol. The minimum atomic E-state index is -1.01. The largest absolute Gasteiger partial charge is 2.00 e. The molecule has 0 atom stereocenters. The number of carboxylic acids is 2. The molecule has 0 unspecified atom stereocenters. The third-order valence-corrected chi connectivity index (χ3v) is 1.22. The van der Waals surface area contributed by atoms with Gasteiger partial charge in [0.2, 0.25) is 0 Å². The van der Waals surface area contributed by atoms with Crippen molar-refractivity contribution in [1.29, 1.82) is 0 Å². The average Bonchev–Trinajstić information content (AvgIpc) is 1.83. The van der Waals surface area contributed by atoms with Gasteiger partial charge in [0.25, 0.3) is 0 Å². The van der Waals surface area contributed by atoms with Gasteiger partial charge >= 0.3 is 16.8 Å². The van der Waals surface area contributed by atoms with E-state index in [1.165, 1.54) is 0 Å². The predicted octanol–water partition coefficient (Wildman–Crippen LogP) is -0.438. The van der Waals surface area contributed by atoms with Crippen molar-refractivity contribution < 1.29 is 36.6 Å². The second-order valence-electron chi connectivity index (χ2n) is 5.07. The Morgan fingerprint density at radius 3 is 0.800 bits per heavy atom. The summed E-state index contributed by atoms with van der Waals surface area (Å²) in [5, 5.41) is 19.8. The fraction of sp³-hybridized carbons (Fsp3) is 0.800. The van der Waals surface area contributed by atoms with Crippen molar-refractivity contribution in [3.8, 4) is 0 Å². The summed E-state index contributed by atoms with van der Waals surface area (Å²) in [7, 11) is 0. The Kier molecular flexibility index (Phi) is 9.10. The van der Waals surface area contributed by atoms with Crippen LogP contribution in [0.15, 0.2) is 0 Å². The van der Waals surface area contributed by atoms with Crippen molar-refractivity contribution in [2.45, 2.75) is 41.5 Å². The van der Waals surface area contributed by atoms with Gasteiger partial charge in [-0.2, -0.15) is 0 Å². The van der Waals surface area contributed by atoms with Gasteiger partial charge < -0.3 is 19.8 Å². The average molecular weight is 261 g/mol. The summed E-state index contributed by atoms with van der Waals surface area (Å²) in [5.74, 6) is -2.01. The molecule has 0 aromatic heterocycles. The molecule has 0 fully saturated rings. The number of rotatable bonds is 0. The predicted molar refractivity (Wildman–Crippen MR) is 48.9 cm³/mol. The number of aliphatic carboxylic acids is 2. The molecule has 0 bridgehead atoms. The molecule has 0 amide bonds. The summed E-state index contributed by atoms with van der Waals surface area (Å²) in [6, 6.07) is 0. The Labute approximate surface area is 101 Å². The Hall–Kier alpha value is -0.554. The van der Waals surface area contributed by atoms with E-state index in [1.807, 2.05) is 0 Å². The van der Waals surface area contributed by atoms with Crippen LogP contribution in [0.1, 0.15) is 41.5 Å². The van der Waals surface area contributed by atoms with Crippen LogP contribution in [0.2, 0.25) is 0 Å². The van der Waals surface area contributed by atoms with Crippen LogP contribution in [0.25, 0.3) is 0 Å². The first-order chi connectivity index (χ1) is 5.89. The maximum Gasteiger partial charge on any atom is 2.00 e. The fourth-order valence-electron chi connectivity index (χ4n) is 0. The minimum absolute atomic E-state index is 0. The third kappa shape index (κ3) is 13.4. The molecule has 91 valence electrons. The second-order valence-corrected chi connectivity index (χ2v) is 5.07. The van der Waals surface area contributed by atoms with E-state index in [0.717, 1.165) is 0 Å². The Morgan fingerprint density at radius 1 is 0.733 bits per heavy atom. The second kappa shape index (κ2) is 6.84. The van der Waals surface area contributed by atoms with Crippen LogP contribution in [0.4, 0.5) is 0 Å². The number of carbonyl (C=O) groups is 2. The van der Waals surface area contributed by atoms with Gasteiger partial charge in [0, 0.05) is 22.8 Å². The summed E-state index contributed by atoms with van der Waals surface area (Å²) in [5.41, 5.74) is -1.39. The molecule has 0 rings (SSSR count). The first-order valence-corrected chi connectivity index (χ1v) is 4.32. The van der Waals surface area contributed by atoms with Crippen LogP contribution in [-0.4, -0.2) is 11.9 Å². The van der Waals surface area contributed by atoms with Gasteiger partial charge in [0.1, 0.15) is 0 Å². The standard InChI is InChI=1S/2C5H10O2.Co/c2*1-5(2,3)4(6)7;/h2*1-3H3,(H,6,7);/q;;+2/p-2. The Bertz CT molecular complexity index is 186. The summed E-state index contributed by atoms with van der Waals surface area (Å²) in [6.45, 7) is 9.60. The molecule has 1 radical (unpaired) electrons. The first kappa shape index (κ1) is 19.9. The van der Waals surface area contributed by atoms with Crippen molar-refractivity contribution in [2.24, 2.45) is 10.8 Å². The molecule has 0 heterocycles. The molecule has 0 aliphatic carbocycles. The van der Waals surface area contributed by atoms with Crippen molar-refractivity contribution in [3.05, 3.63) is 0 Å². The van der Waals surface area contributed by atoms with Gasteiger partial charge in [-0.25, -0.2) is 0 Å². The van der Waals surface area contributed by atoms with Crippen LogP contribution < -0.4 is 10.2 Å². The minimum Gasteiger partial charge on any atom is -0.550 e. The zero-order chi connectivity index (χ0) is 12.2. The SMILES string of the molecule is CC(C)(C)C(=O)[O-].CC(C)(C)C(=O)[O-].[Co+2]. The number of carboxylic acid groups (broad SMARTS) is 2. The van der Waals surface area contributed by atoms with Crippen molar-refractivity contribution in [2.75, 3.05) is 0 Å². The molecule has 0 aromatic rings. The quantitative estimate of drug-likeness (QED) is 0.592. The molecule has 0 saturated carbocycles. The van der Waals surface area contributed by atoms with E-state index in [-0.39, 0.29) is 16.8 Å². The van der Waals surface area contributed by atoms with Gasteiger partial charge in [-0.3, -0.25) is 0 Å². The molecule has 0 saturated heterocycles. The molecule has 4 nitrogen and oxygen atoms in total. The molecule has 5 heteroatoms. The number of carbonyl (C=O) groups excluding carboxylic acids is 2. The Morgan fingerprint density at radius 2 is 0.800 bits per heavy atom. The molecular formula is C10H18CoO4. The summed E-state index contributed by atoms with van der Waals surface area (Å²) in [6.07, 6.45) is 0. The van der Waals surface area contributed by atoms with E-state index >= 15 is 0 Å². The van der Waals surface area contributed by atoms with Crippen molar-refractivity contribution in [3.63, 3.8) is 0 Å². The number of hydrogen-bond donors (Lipinski definition) is 0. The van der Waals surface area contributed by atoms with Gasteiger partial charge in [-0.05, 0) is 0 Å². The van der Waals surface area contributed by atoms with E-state index in [9.17, 15) is 19.8 Å². The monoisotopic (exact) mass is 261 g/mol. The van der Waals surface area contributed by atoms with Gasteiger partial charge in [0.15, 0.2) is 0 Å². The Balaban J connectivity index is -0.000000180. The van der Waals surface area contributed by atoms with Crippen LogP contribution in [0.3, 0.4) is 0 Å². The van der Waals surface area contributed by atoms with E-state index in [2.05, 4.69) is 0 Å². The van der Waals surface area contributed by atoms with Crippen molar-refractivity contribution >= 4 is 11.9 Å². The summed E-state index contributed by atoms with van der Waals surface area (Å²) >= 11 is 0. The van der Waals surface area contributed by atoms with E-state index in [0.29, 0.717) is 0 Å². The first-order valence-electron chi connectivity index (χ1n) is 4.32. The molecule has 0 spiro atoms. The van der Waals surface area contributed by atoms with Crippen molar-refractivity contribution in [1.82, 2.24) is 0 Å². The molecule has 0 aromatic carbocycles. The third-order valence-electron chi connectivity index (χ3n) is 1.22. The van der Waals surface area contributed by atoms with Gasteiger partial charge in [0.05, 0.1) is 0 Å². The molecule has 0 aliphatic rings. The van der Waals surface area contributed by atoms with Gasteiger partial charge in [-0.15, -0.1) is 0 Å². The van der Waals surface area contributed by atoms with E-state index in [1.54, 1.807) is 41.5 Å². The maximum atomic E-state index is 9.91. The van der Waals surface area contributed by atoms with Crippen LogP contribution >= 0.6 is 0 Å². The summed E-state index contributed by atoms with van der Waals surface area (Å²) < 4.78 is 0. The van der Waals surface area contributed by atoms with Crippen LogP contribution in [0, 0.1) is 10.8 Å². The topological polar surface area (TPSA) is 80.3 Å². The fourth-order valence-corrected chi connectivity index (χ4v) is 0. The van der Waals surface area contributed by atoms with Gasteiger partial charge in [-0.1, -0.05) is 41.5 Å². The number of hydrogen-bond acceptors (Lipinski definition) is 4. The zero-order valence-electron chi connectivity index (χ0n) is 9.97. The smallest absolute Gasteiger partial charge is 0.550 e. The zero-order valence-corrected chi connectivity index (χ0v) is 11.0. The van der Waals surface area contributed by atoms with E-state index in [4.69, 9.17) is 0 Å². The van der Waals surface area contributed by atoms with Crippen LogP contribution in [-0.2, 0) is 26.4 Å². The van der Waals surface area contributed by atoms with Crippen LogP contribution in [0.5, 0.6) is 0 Å².